The molecule has 0 unspecified atom stereocenters. The molecule has 1 heterocycles. The lowest BCUT2D eigenvalue weighted by atomic mass is 9.79. The smallest absolute Gasteiger partial charge is 0.491 e. The fourth-order valence-electron chi connectivity index (χ4n) is 2.01. The van der Waals surface area contributed by atoms with E-state index in [0.717, 1.165) is 11.2 Å². The average molecular weight is 292 g/mol. The quantitative estimate of drug-likeness (QED) is 0.781. The van der Waals surface area contributed by atoms with Crippen molar-refractivity contribution in [1.29, 1.82) is 0 Å². The summed E-state index contributed by atoms with van der Waals surface area (Å²) >= 11 is 0. The molecule has 1 aliphatic rings. The van der Waals surface area contributed by atoms with Crippen LogP contribution in [0, 0.1) is 0 Å². The van der Waals surface area contributed by atoms with Crippen LogP contribution >= 0.6 is 0 Å². The highest BCUT2D eigenvalue weighted by atomic mass is 16.7. The molecule has 1 aromatic rings. The number of hydrogen-bond acceptors (Lipinski definition) is 4. The van der Waals surface area contributed by atoms with Gasteiger partial charge < -0.3 is 18.8 Å². The first-order valence-corrected chi connectivity index (χ1v) is 7.36. The van der Waals surface area contributed by atoms with E-state index in [1.807, 2.05) is 58.9 Å². The van der Waals surface area contributed by atoms with Crippen LogP contribution in [-0.2, 0) is 14.0 Å². The van der Waals surface area contributed by atoms with E-state index in [1.165, 1.54) is 0 Å². The Morgan fingerprint density at radius 2 is 1.76 bits per heavy atom. The number of hydrogen-bond donors (Lipinski definition) is 0. The molecular weight excluding hydrogens is 267 g/mol. The van der Waals surface area contributed by atoms with Gasteiger partial charge in [-0.2, -0.15) is 0 Å². The van der Waals surface area contributed by atoms with Crippen molar-refractivity contribution in [3.8, 4) is 5.75 Å². The molecule has 0 radical (unpaired) electrons. The van der Waals surface area contributed by atoms with Crippen LogP contribution in [-0.4, -0.2) is 38.1 Å². The van der Waals surface area contributed by atoms with Crippen LogP contribution in [0.5, 0.6) is 5.75 Å². The Morgan fingerprint density at radius 1 is 1.14 bits per heavy atom. The summed E-state index contributed by atoms with van der Waals surface area (Å²) in [6, 6.07) is 7.84. The SMILES string of the molecule is CO[C@@H](C)COc1cccc(B2OC(C)(C)C(C)(C)O2)c1. The molecule has 1 fully saturated rings. The Bertz CT molecular complexity index is 471. The zero-order chi connectivity index (χ0) is 15.7. The third kappa shape index (κ3) is 3.60. The summed E-state index contributed by atoms with van der Waals surface area (Å²) in [5.41, 5.74) is 0.300. The monoisotopic (exact) mass is 292 g/mol. The second-order valence-corrected chi connectivity index (χ2v) is 6.52. The Kier molecular flexibility index (Phi) is 4.66. The van der Waals surface area contributed by atoms with Gasteiger partial charge in [0.15, 0.2) is 0 Å². The maximum atomic E-state index is 6.05. The van der Waals surface area contributed by atoms with Crippen LogP contribution in [0.2, 0.25) is 0 Å². The van der Waals surface area contributed by atoms with Gasteiger partial charge >= 0.3 is 7.12 Å². The highest BCUT2D eigenvalue weighted by molar-refractivity contribution is 6.62. The van der Waals surface area contributed by atoms with Gasteiger partial charge in [0.25, 0.3) is 0 Å². The number of benzene rings is 1. The minimum atomic E-state index is -0.363. The Hall–Kier alpha value is -1.04. The fourth-order valence-corrected chi connectivity index (χ4v) is 2.01. The molecule has 2 rings (SSSR count). The lowest BCUT2D eigenvalue weighted by Crippen LogP contribution is -2.41. The highest BCUT2D eigenvalue weighted by Gasteiger charge is 2.51. The number of ether oxygens (including phenoxy) is 2. The molecule has 116 valence electrons. The van der Waals surface area contributed by atoms with Crippen molar-refractivity contribution in [2.75, 3.05) is 13.7 Å². The molecule has 4 nitrogen and oxygen atoms in total. The van der Waals surface area contributed by atoms with E-state index in [4.69, 9.17) is 18.8 Å². The molecule has 1 aromatic carbocycles. The number of rotatable bonds is 5. The zero-order valence-electron chi connectivity index (χ0n) is 13.8. The van der Waals surface area contributed by atoms with Crippen molar-refractivity contribution in [3.05, 3.63) is 24.3 Å². The summed E-state index contributed by atoms with van der Waals surface area (Å²) in [5, 5.41) is 0. The second kappa shape index (κ2) is 5.99. The van der Waals surface area contributed by atoms with Gasteiger partial charge in [-0.3, -0.25) is 0 Å². The van der Waals surface area contributed by atoms with E-state index < -0.39 is 0 Å². The molecule has 0 bridgehead atoms. The van der Waals surface area contributed by atoms with Crippen LogP contribution in [0.3, 0.4) is 0 Å². The Morgan fingerprint density at radius 3 is 2.33 bits per heavy atom. The summed E-state index contributed by atoms with van der Waals surface area (Å²) < 4.78 is 23.0. The first-order chi connectivity index (χ1) is 9.75. The van der Waals surface area contributed by atoms with Crippen molar-refractivity contribution in [1.82, 2.24) is 0 Å². The minimum absolute atomic E-state index is 0.0607. The van der Waals surface area contributed by atoms with Gasteiger partial charge in [-0.1, -0.05) is 12.1 Å². The van der Waals surface area contributed by atoms with E-state index in [1.54, 1.807) is 7.11 Å². The second-order valence-electron chi connectivity index (χ2n) is 6.52. The first-order valence-electron chi connectivity index (χ1n) is 7.36. The van der Waals surface area contributed by atoms with Crippen LogP contribution in [0.4, 0.5) is 0 Å². The van der Waals surface area contributed by atoms with Crippen LogP contribution in [0.25, 0.3) is 0 Å². The average Bonchev–Trinajstić information content (AvgIpc) is 2.65. The van der Waals surface area contributed by atoms with Crippen molar-refractivity contribution in [2.45, 2.75) is 51.9 Å². The molecule has 21 heavy (non-hydrogen) atoms. The van der Waals surface area contributed by atoms with Gasteiger partial charge in [-0.15, -0.1) is 0 Å². The lowest BCUT2D eigenvalue weighted by molar-refractivity contribution is 0.00578. The predicted octanol–water partition coefficient (Wildman–Crippen LogP) is 2.40. The third-order valence-electron chi connectivity index (χ3n) is 4.27. The van der Waals surface area contributed by atoms with Gasteiger partial charge in [0, 0.05) is 7.11 Å². The first kappa shape index (κ1) is 16.3. The maximum absolute atomic E-state index is 6.05. The molecule has 5 heteroatoms. The van der Waals surface area contributed by atoms with Crippen molar-refractivity contribution in [2.24, 2.45) is 0 Å². The summed E-state index contributed by atoms with van der Waals surface area (Å²) in [6.45, 7) is 10.7. The van der Waals surface area contributed by atoms with Crippen molar-refractivity contribution in [3.63, 3.8) is 0 Å². The van der Waals surface area contributed by atoms with E-state index in [0.29, 0.717) is 6.61 Å². The van der Waals surface area contributed by atoms with E-state index in [2.05, 4.69) is 0 Å². The summed E-state index contributed by atoms with van der Waals surface area (Å²) in [6.07, 6.45) is 0.0607. The Labute approximate surface area is 127 Å². The number of methoxy groups -OCH3 is 1. The van der Waals surface area contributed by atoms with Crippen LogP contribution in [0.15, 0.2) is 24.3 Å². The van der Waals surface area contributed by atoms with Gasteiger partial charge in [0.2, 0.25) is 0 Å². The summed E-state index contributed by atoms with van der Waals surface area (Å²) in [4.78, 5) is 0. The zero-order valence-corrected chi connectivity index (χ0v) is 13.8. The van der Waals surface area contributed by atoms with Gasteiger partial charge in [-0.25, -0.2) is 0 Å². The maximum Gasteiger partial charge on any atom is 0.494 e. The van der Waals surface area contributed by atoms with E-state index in [9.17, 15) is 0 Å². The minimum Gasteiger partial charge on any atom is -0.491 e. The lowest BCUT2D eigenvalue weighted by Gasteiger charge is -2.32. The Balaban J connectivity index is 2.08. The van der Waals surface area contributed by atoms with Crippen molar-refractivity contribution < 1.29 is 18.8 Å². The third-order valence-corrected chi connectivity index (χ3v) is 4.27. The molecule has 1 aliphatic heterocycles. The van der Waals surface area contributed by atoms with E-state index in [-0.39, 0.29) is 24.4 Å². The van der Waals surface area contributed by atoms with Gasteiger partial charge in [0.1, 0.15) is 12.4 Å². The molecule has 0 N–H and O–H groups in total. The molecule has 1 saturated heterocycles. The molecule has 0 aromatic heterocycles. The van der Waals surface area contributed by atoms with Gasteiger partial charge in [0.05, 0.1) is 17.3 Å². The van der Waals surface area contributed by atoms with Crippen LogP contribution < -0.4 is 10.2 Å². The topological polar surface area (TPSA) is 36.9 Å². The fraction of sp³-hybridized carbons (Fsp3) is 0.625. The molecule has 0 aliphatic carbocycles. The predicted molar refractivity (Wildman–Crippen MR) is 84.1 cm³/mol. The summed E-state index contributed by atoms with van der Waals surface area (Å²) in [5.74, 6) is 0.797. The molecule has 0 spiro atoms. The largest absolute Gasteiger partial charge is 0.494 e. The molecule has 1 atom stereocenters. The molecular formula is C16H25BO4. The van der Waals surface area contributed by atoms with Crippen LogP contribution in [0.1, 0.15) is 34.6 Å². The normalized spacial score (nSPS) is 21.3. The molecule has 0 saturated carbocycles. The summed E-state index contributed by atoms with van der Waals surface area (Å²) in [7, 11) is 1.31. The highest BCUT2D eigenvalue weighted by Crippen LogP contribution is 2.36. The van der Waals surface area contributed by atoms with Crippen molar-refractivity contribution >= 4 is 12.6 Å². The van der Waals surface area contributed by atoms with E-state index >= 15 is 0 Å². The standard InChI is InChI=1S/C16H25BO4/c1-12(18-6)11-19-14-9-7-8-13(10-14)17-20-15(2,3)16(4,5)21-17/h7-10,12H,11H2,1-6H3/t12-/m0/s1. The van der Waals surface area contributed by atoms with Gasteiger partial charge in [-0.05, 0) is 52.2 Å². The molecule has 0 amide bonds.